The smallest absolute Gasteiger partial charge is 0.242 e. The third kappa shape index (κ3) is 3.08. The monoisotopic (exact) mass is 379 g/mol. The van der Waals surface area contributed by atoms with Crippen LogP contribution in [0.1, 0.15) is 31.0 Å². The minimum Gasteiger partial charge on any atom is -0.344 e. The van der Waals surface area contributed by atoms with Gasteiger partial charge in [-0.1, -0.05) is 0 Å². The number of likely N-dealkylation sites (tertiary alicyclic amines) is 1. The molecule has 2 atom stereocenters. The second kappa shape index (κ2) is 6.93. The van der Waals surface area contributed by atoms with Gasteiger partial charge in [0.2, 0.25) is 5.91 Å². The minimum absolute atomic E-state index is 0. The van der Waals surface area contributed by atoms with E-state index in [0.29, 0.717) is 11.1 Å². The Labute approximate surface area is 157 Å². The number of halogens is 3. The Hall–Kier alpha value is -2.05. The van der Waals surface area contributed by atoms with E-state index in [0.717, 1.165) is 37.6 Å². The van der Waals surface area contributed by atoms with Crippen molar-refractivity contribution in [3.05, 3.63) is 53.9 Å². The highest BCUT2D eigenvalue weighted by Crippen LogP contribution is 2.39. The Balaban J connectivity index is 0.00000196. The van der Waals surface area contributed by atoms with E-state index >= 15 is 0 Å². The molecule has 0 bridgehead atoms. The first kappa shape index (κ1) is 18.7. The largest absolute Gasteiger partial charge is 0.344 e. The Morgan fingerprint density at radius 2 is 2.04 bits per heavy atom. The highest BCUT2D eigenvalue weighted by molar-refractivity contribution is 5.88. The van der Waals surface area contributed by atoms with Crippen LogP contribution in [0.25, 0.3) is 11.1 Å². The molecule has 1 aromatic heterocycles. The second-order valence-electron chi connectivity index (χ2n) is 6.89. The molecule has 0 radical (unpaired) electrons. The zero-order chi connectivity index (χ0) is 17.6. The number of aromatic nitrogens is 1. The molecule has 2 fully saturated rings. The number of hydrogen-bond acceptors (Lipinski definition) is 3. The van der Waals surface area contributed by atoms with E-state index in [1.54, 1.807) is 17.2 Å². The highest BCUT2D eigenvalue weighted by atomic mass is 35.5. The first-order chi connectivity index (χ1) is 12.0. The summed E-state index contributed by atoms with van der Waals surface area (Å²) < 4.78 is 27.2. The standard InChI is InChI=1S/C19H19F2N3O.ClH/c1-24-9-7-19(18(24)25)6-4-16(23-19)17-10-12(5-8-22-17)14-3-2-13(20)11-15(14)21;/h2-3,5,8,10-11,16,23H,4,6-7,9H2,1H3;1H/t16-,19+;/m1./s1. The fourth-order valence-electron chi connectivity index (χ4n) is 3.92. The van der Waals surface area contributed by atoms with Gasteiger partial charge in [0.1, 0.15) is 17.2 Å². The van der Waals surface area contributed by atoms with Crippen LogP contribution < -0.4 is 5.32 Å². The van der Waals surface area contributed by atoms with Gasteiger partial charge in [0, 0.05) is 31.4 Å². The van der Waals surface area contributed by atoms with Crippen molar-refractivity contribution in [2.24, 2.45) is 0 Å². The number of benzene rings is 1. The van der Waals surface area contributed by atoms with Crippen LogP contribution in [0.5, 0.6) is 0 Å². The molecule has 1 amide bonds. The number of likely N-dealkylation sites (N-methyl/N-ethyl adjacent to an activating group) is 1. The summed E-state index contributed by atoms with van der Waals surface area (Å²) >= 11 is 0. The molecule has 4 nitrogen and oxygen atoms in total. The molecule has 3 heterocycles. The average molecular weight is 380 g/mol. The molecule has 0 aliphatic carbocycles. The lowest BCUT2D eigenvalue weighted by Gasteiger charge is -2.23. The van der Waals surface area contributed by atoms with E-state index in [4.69, 9.17) is 0 Å². The lowest BCUT2D eigenvalue weighted by molar-refractivity contribution is -0.131. The van der Waals surface area contributed by atoms with Crippen LogP contribution in [-0.4, -0.2) is 34.9 Å². The number of hydrogen-bond donors (Lipinski definition) is 1. The maximum Gasteiger partial charge on any atom is 0.242 e. The normalized spacial score (nSPS) is 25.0. The number of pyridine rings is 1. The van der Waals surface area contributed by atoms with Gasteiger partial charge < -0.3 is 4.90 Å². The molecule has 7 heteroatoms. The number of amides is 1. The van der Waals surface area contributed by atoms with Gasteiger partial charge in [-0.25, -0.2) is 8.78 Å². The van der Waals surface area contributed by atoms with E-state index in [2.05, 4.69) is 10.3 Å². The summed E-state index contributed by atoms with van der Waals surface area (Å²) in [5, 5.41) is 3.46. The van der Waals surface area contributed by atoms with Gasteiger partial charge in [-0.05, 0) is 49.1 Å². The van der Waals surface area contributed by atoms with E-state index in [1.807, 2.05) is 13.1 Å². The maximum atomic E-state index is 14.1. The van der Waals surface area contributed by atoms with Crippen molar-refractivity contribution in [3.63, 3.8) is 0 Å². The van der Waals surface area contributed by atoms with Crippen molar-refractivity contribution < 1.29 is 13.6 Å². The molecule has 2 aliphatic heterocycles. The molecule has 2 saturated heterocycles. The SMILES string of the molecule is CN1CC[C@@]2(CC[C@H](c3cc(-c4ccc(F)cc4F)ccn3)N2)C1=O.Cl. The Kier molecular flexibility index (Phi) is 4.99. The topological polar surface area (TPSA) is 45.2 Å². The van der Waals surface area contributed by atoms with Crippen LogP contribution >= 0.6 is 12.4 Å². The fourth-order valence-corrected chi connectivity index (χ4v) is 3.92. The van der Waals surface area contributed by atoms with Gasteiger partial charge >= 0.3 is 0 Å². The van der Waals surface area contributed by atoms with E-state index in [1.165, 1.54) is 12.1 Å². The van der Waals surface area contributed by atoms with Crippen molar-refractivity contribution in [3.8, 4) is 11.1 Å². The van der Waals surface area contributed by atoms with Gasteiger partial charge in [-0.2, -0.15) is 0 Å². The average Bonchev–Trinajstić information content (AvgIpc) is 3.15. The molecule has 0 saturated carbocycles. The number of carbonyl (C=O) groups excluding carboxylic acids is 1. The number of nitrogens with one attached hydrogen (secondary N) is 1. The van der Waals surface area contributed by atoms with Crippen molar-refractivity contribution in [1.29, 1.82) is 0 Å². The minimum atomic E-state index is -0.598. The van der Waals surface area contributed by atoms with E-state index in [9.17, 15) is 13.6 Å². The summed E-state index contributed by atoms with van der Waals surface area (Å²) in [4.78, 5) is 18.6. The summed E-state index contributed by atoms with van der Waals surface area (Å²) in [6.07, 6.45) is 4.01. The molecular formula is C19H20ClF2N3O. The highest BCUT2D eigenvalue weighted by Gasteiger charge is 2.50. The van der Waals surface area contributed by atoms with Gasteiger partial charge in [0.15, 0.2) is 0 Å². The molecule has 2 aliphatic rings. The summed E-state index contributed by atoms with van der Waals surface area (Å²) in [6, 6.07) is 7.04. The van der Waals surface area contributed by atoms with Crippen LogP contribution in [0.15, 0.2) is 36.5 Å². The van der Waals surface area contributed by atoms with Crippen LogP contribution in [-0.2, 0) is 4.79 Å². The quantitative estimate of drug-likeness (QED) is 0.869. The van der Waals surface area contributed by atoms with Gasteiger partial charge in [-0.3, -0.25) is 15.1 Å². The molecule has 0 unspecified atom stereocenters. The third-order valence-electron chi connectivity index (χ3n) is 5.32. The Morgan fingerprint density at radius 3 is 2.73 bits per heavy atom. The summed E-state index contributed by atoms with van der Waals surface area (Å²) in [5.74, 6) is -1.06. The molecular weight excluding hydrogens is 360 g/mol. The van der Waals surface area contributed by atoms with Gasteiger partial charge in [0.05, 0.1) is 11.7 Å². The van der Waals surface area contributed by atoms with Crippen LogP contribution in [0.4, 0.5) is 8.78 Å². The summed E-state index contributed by atoms with van der Waals surface area (Å²) in [5.41, 5.74) is 1.29. The molecule has 26 heavy (non-hydrogen) atoms. The Morgan fingerprint density at radius 1 is 1.23 bits per heavy atom. The maximum absolute atomic E-state index is 14.1. The van der Waals surface area contributed by atoms with Crippen molar-refractivity contribution in [2.45, 2.75) is 30.8 Å². The molecule has 4 rings (SSSR count). The lowest BCUT2D eigenvalue weighted by atomic mass is 9.96. The van der Waals surface area contributed by atoms with Crippen LogP contribution in [0, 0.1) is 11.6 Å². The predicted molar refractivity (Wildman–Crippen MR) is 96.9 cm³/mol. The van der Waals surface area contributed by atoms with Crippen molar-refractivity contribution >= 4 is 18.3 Å². The first-order valence-electron chi connectivity index (χ1n) is 8.43. The number of carbonyl (C=O) groups is 1. The summed E-state index contributed by atoms with van der Waals surface area (Å²) in [7, 11) is 1.82. The molecule has 1 N–H and O–H groups in total. The van der Waals surface area contributed by atoms with Gasteiger partial charge in [0.25, 0.3) is 0 Å². The Bertz CT molecular complexity index is 847. The van der Waals surface area contributed by atoms with Crippen LogP contribution in [0.2, 0.25) is 0 Å². The van der Waals surface area contributed by atoms with Gasteiger partial charge in [-0.15, -0.1) is 12.4 Å². The summed E-state index contributed by atoms with van der Waals surface area (Å²) in [6.45, 7) is 0.757. The fraction of sp³-hybridized carbons (Fsp3) is 0.368. The molecule has 1 aromatic carbocycles. The van der Waals surface area contributed by atoms with Crippen LogP contribution in [0.3, 0.4) is 0 Å². The first-order valence-corrected chi connectivity index (χ1v) is 8.43. The predicted octanol–water partition coefficient (Wildman–Crippen LogP) is 3.47. The molecule has 2 aromatic rings. The lowest BCUT2D eigenvalue weighted by Crippen LogP contribution is -2.47. The van der Waals surface area contributed by atoms with E-state index in [-0.39, 0.29) is 24.4 Å². The van der Waals surface area contributed by atoms with E-state index < -0.39 is 17.2 Å². The molecule has 138 valence electrons. The zero-order valence-electron chi connectivity index (χ0n) is 14.3. The third-order valence-corrected chi connectivity index (χ3v) is 5.32. The number of rotatable bonds is 2. The second-order valence-corrected chi connectivity index (χ2v) is 6.89. The van der Waals surface area contributed by atoms with Crippen molar-refractivity contribution in [1.82, 2.24) is 15.2 Å². The number of nitrogens with zero attached hydrogens (tertiary/aromatic N) is 2. The van der Waals surface area contributed by atoms with Crippen molar-refractivity contribution in [2.75, 3.05) is 13.6 Å². The zero-order valence-corrected chi connectivity index (χ0v) is 15.2. The molecule has 1 spiro atoms.